The Morgan fingerprint density at radius 1 is 1.09 bits per heavy atom. The van der Waals surface area contributed by atoms with Crippen molar-refractivity contribution < 1.29 is 4.79 Å². The zero-order valence-corrected chi connectivity index (χ0v) is 20.8. The van der Waals surface area contributed by atoms with Crippen LogP contribution < -0.4 is 10.2 Å². The van der Waals surface area contributed by atoms with Crippen LogP contribution in [0.1, 0.15) is 70.3 Å². The molecule has 2 aliphatic heterocycles. The molecule has 178 valence electrons. The summed E-state index contributed by atoms with van der Waals surface area (Å²) in [5.74, 6) is 2.73. The number of hydrogen-bond acceptors (Lipinski definition) is 4. The van der Waals surface area contributed by atoms with Crippen LogP contribution in [0.3, 0.4) is 0 Å². The molecule has 5 heteroatoms. The number of para-hydroxylation sites is 1. The van der Waals surface area contributed by atoms with Crippen molar-refractivity contribution in [3.05, 3.63) is 29.8 Å². The third-order valence-corrected chi connectivity index (χ3v) is 8.39. The van der Waals surface area contributed by atoms with Crippen LogP contribution in [-0.2, 0) is 4.79 Å². The maximum Gasteiger partial charge on any atom is 0.244 e. The van der Waals surface area contributed by atoms with Gasteiger partial charge in [0.25, 0.3) is 0 Å². The Hall–Kier alpha value is -1.59. The van der Waals surface area contributed by atoms with Crippen molar-refractivity contribution in [2.75, 3.05) is 51.8 Å². The molecule has 0 unspecified atom stereocenters. The number of nitrogens with one attached hydrogen (secondary N) is 1. The van der Waals surface area contributed by atoms with E-state index in [9.17, 15) is 4.79 Å². The second kappa shape index (κ2) is 10.1. The molecule has 0 aromatic heterocycles. The Balaban J connectivity index is 1.37. The average molecular weight is 441 g/mol. The fourth-order valence-electron chi connectivity index (χ4n) is 6.19. The van der Waals surface area contributed by atoms with Crippen LogP contribution in [0.2, 0.25) is 0 Å². The maximum absolute atomic E-state index is 13.2. The standard InChI is InChI=1S/C27H44N4O/c1-21(2)22-10-12-23(13-11-22)24-8-5-6-9-25(24)30-18-14-27(15-19-30)26(32)31(20-28-27)17-7-16-29(3)4/h5-6,8-9,21-23,28H,7,10-20H2,1-4H3. The molecule has 1 aliphatic carbocycles. The first kappa shape index (κ1) is 23.6. The Morgan fingerprint density at radius 2 is 1.78 bits per heavy atom. The van der Waals surface area contributed by atoms with E-state index in [4.69, 9.17) is 0 Å². The average Bonchev–Trinajstić information content (AvgIpc) is 3.09. The molecular weight excluding hydrogens is 396 g/mol. The topological polar surface area (TPSA) is 38.8 Å². The van der Waals surface area contributed by atoms with Gasteiger partial charge in [0.05, 0.1) is 6.67 Å². The van der Waals surface area contributed by atoms with E-state index in [0.29, 0.717) is 18.5 Å². The minimum absolute atomic E-state index is 0.330. The van der Waals surface area contributed by atoms with Gasteiger partial charge in [-0.25, -0.2) is 0 Å². The molecule has 0 bridgehead atoms. The van der Waals surface area contributed by atoms with Crippen LogP contribution in [0.4, 0.5) is 5.69 Å². The number of amides is 1. The molecule has 1 amide bonds. The first-order valence-corrected chi connectivity index (χ1v) is 12.9. The highest BCUT2D eigenvalue weighted by Gasteiger charge is 2.48. The Morgan fingerprint density at radius 3 is 2.44 bits per heavy atom. The summed E-state index contributed by atoms with van der Waals surface area (Å²) in [5, 5.41) is 3.61. The molecule has 1 aromatic rings. The fraction of sp³-hybridized carbons (Fsp3) is 0.741. The van der Waals surface area contributed by atoms with Gasteiger partial charge in [0.15, 0.2) is 0 Å². The van der Waals surface area contributed by atoms with Gasteiger partial charge in [-0.2, -0.15) is 0 Å². The van der Waals surface area contributed by atoms with E-state index in [1.165, 1.54) is 31.4 Å². The number of benzene rings is 1. The first-order valence-electron chi connectivity index (χ1n) is 12.9. The van der Waals surface area contributed by atoms with Gasteiger partial charge in [-0.15, -0.1) is 0 Å². The number of carbonyl (C=O) groups is 1. The highest BCUT2D eigenvalue weighted by molar-refractivity contribution is 5.88. The van der Waals surface area contributed by atoms with E-state index in [1.807, 2.05) is 4.90 Å². The molecule has 2 heterocycles. The summed E-state index contributed by atoms with van der Waals surface area (Å²) in [5.41, 5.74) is 2.63. The molecule has 5 nitrogen and oxygen atoms in total. The van der Waals surface area contributed by atoms with Crippen molar-refractivity contribution in [2.24, 2.45) is 11.8 Å². The quantitative estimate of drug-likeness (QED) is 0.686. The number of hydrogen-bond donors (Lipinski definition) is 1. The highest BCUT2D eigenvalue weighted by atomic mass is 16.2. The lowest BCUT2D eigenvalue weighted by atomic mass is 9.74. The smallest absolute Gasteiger partial charge is 0.244 e. The van der Waals surface area contributed by atoms with Crippen LogP contribution >= 0.6 is 0 Å². The van der Waals surface area contributed by atoms with Gasteiger partial charge in [-0.3, -0.25) is 10.1 Å². The predicted octanol–water partition coefficient (Wildman–Crippen LogP) is 4.30. The van der Waals surface area contributed by atoms with Gasteiger partial charge >= 0.3 is 0 Å². The van der Waals surface area contributed by atoms with E-state index in [1.54, 1.807) is 5.56 Å². The van der Waals surface area contributed by atoms with Crippen LogP contribution in [0, 0.1) is 11.8 Å². The zero-order valence-electron chi connectivity index (χ0n) is 20.8. The van der Waals surface area contributed by atoms with E-state index in [2.05, 4.69) is 67.3 Å². The Kier molecular flexibility index (Phi) is 7.46. The first-order chi connectivity index (χ1) is 15.4. The summed E-state index contributed by atoms with van der Waals surface area (Å²) >= 11 is 0. The predicted molar refractivity (Wildman–Crippen MR) is 133 cm³/mol. The second-order valence-corrected chi connectivity index (χ2v) is 11.0. The van der Waals surface area contributed by atoms with Crippen molar-refractivity contribution in [1.29, 1.82) is 0 Å². The number of piperidine rings is 1. The van der Waals surface area contributed by atoms with Crippen LogP contribution in [-0.4, -0.2) is 68.2 Å². The summed E-state index contributed by atoms with van der Waals surface area (Å²) in [6.45, 7) is 9.28. The molecule has 3 aliphatic rings. The molecule has 0 atom stereocenters. The largest absolute Gasteiger partial charge is 0.371 e. The lowest BCUT2D eigenvalue weighted by molar-refractivity contribution is -0.133. The van der Waals surface area contributed by atoms with Crippen LogP contribution in [0.5, 0.6) is 0 Å². The van der Waals surface area contributed by atoms with Crippen molar-refractivity contribution in [1.82, 2.24) is 15.1 Å². The molecule has 0 radical (unpaired) electrons. The minimum Gasteiger partial charge on any atom is -0.371 e. The Bertz CT molecular complexity index is 761. The molecule has 2 saturated heterocycles. The van der Waals surface area contributed by atoms with Crippen molar-refractivity contribution >= 4 is 11.6 Å². The van der Waals surface area contributed by atoms with Gasteiger partial charge < -0.3 is 14.7 Å². The van der Waals surface area contributed by atoms with E-state index < -0.39 is 0 Å². The van der Waals surface area contributed by atoms with Gasteiger partial charge in [-0.05, 0) is 95.0 Å². The zero-order chi connectivity index (χ0) is 22.7. The lowest BCUT2D eigenvalue weighted by Crippen LogP contribution is -2.55. The van der Waals surface area contributed by atoms with Gasteiger partial charge in [-0.1, -0.05) is 32.0 Å². The summed E-state index contributed by atoms with van der Waals surface area (Å²) in [6.07, 6.45) is 8.22. The fourth-order valence-corrected chi connectivity index (χ4v) is 6.19. The van der Waals surface area contributed by atoms with Crippen LogP contribution in [0.15, 0.2) is 24.3 Å². The number of carbonyl (C=O) groups excluding carboxylic acids is 1. The van der Waals surface area contributed by atoms with Gasteiger partial charge in [0, 0.05) is 25.3 Å². The molecule has 1 spiro atoms. The molecular formula is C27H44N4O. The summed E-state index contributed by atoms with van der Waals surface area (Å²) in [7, 11) is 4.18. The number of anilines is 1. The monoisotopic (exact) mass is 440 g/mol. The lowest BCUT2D eigenvalue weighted by Gasteiger charge is -2.41. The van der Waals surface area contributed by atoms with Gasteiger partial charge in [0.2, 0.25) is 5.91 Å². The number of nitrogens with zero attached hydrogens (tertiary/aromatic N) is 3. The summed E-state index contributed by atoms with van der Waals surface area (Å²) in [4.78, 5) is 20.0. The van der Waals surface area contributed by atoms with E-state index in [0.717, 1.165) is 57.3 Å². The van der Waals surface area contributed by atoms with E-state index in [-0.39, 0.29) is 5.54 Å². The molecule has 4 rings (SSSR count). The van der Waals surface area contributed by atoms with Crippen LogP contribution in [0.25, 0.3) is 0 Å². The van der Waals surface area contributed by atoms with Gasteiger partial charge in [0.1, 0.15) is 5.54 Å². The number of rotatable bonds is 7. The molecule has 32 heavy (non-hydrogen) atoms. The highest BCUT2D eigenvalue weighted by Crippen LogP contribution is 2.42. The maximum atomic E-state index is 13.2. The third-order valence-electron chi connectivity index (χ3n) is 8.39. The molecule has 1 aromatic carbocycles. The van der Waals surface area contributed by atoms with E-state index >= 15 is 0 Å². The molecule has 1 N–H and O–H groups in total. The minimum atomic E-state index is -0.334. The van der Waals surface area contributed by atoms with Crippen molar-refractivity contribution in [2.45, 2.75) is 70.3 Å². The Labute approximate surface area is 195 Å². The van der Waals surface area contributed by atoms with Crippen molar-refractivity contribution in [3.8, 4) is 0 Å². The van der Waals surface area contributed by atoms with Crippen molar-refractivity contribution in [3.63, 3.8) is 0 Å². The summed E-state index contributed by atoms with van der Waals surface area (Å²) < 4.78 is 0. The summed E-state index contributed by atoms with van der Waals surface area (Å²) in [6, 6.07) is 9.09. The molecule has 3 fully saturated rings. The SMILES string of the molecule is CC(C)C1CCC(c2ccccc2N2CCC3(CC2)NCN(CCCN(C)C)C3=O)CC1. The second-order valence-electron chi connectivity index (χ2n) is 11.0. The third kappa shape index (κ3) is 4.99. The molecule has 1 saturated carbocycles. The normalized spacial score (nSPS) is 26.0.